The zero-order valence-electron chi connectivity index (χ0n) is 16.8. The lowest BCUT2D eigenvalue weighted by atomic mass is 10.0. The molecule has 1 aromatic heterocycles. The van der Waals surface area contributed by atoms with Crippen molar-refractivity contribution in [2.24, 2.45) is 0 Å². The van der Waals surface area contributed by atoms with E-state index in [9.17, 15) is 4.79 Å². The number of likely N-dealkylation sites (tertiary alicyclic amines) is 1. The Balaban J connectivity index is 1.23. The van der Waals surface area contributed by atoms with E-state index in [1.54, 1.807) is 21.9 Å². The molecule has 0 spiro atoms. The number of quaternary nitrogens is 1. The summed E-state index contributed by atoms with van der Waals surface area (Å²) >= 11 is 5.96. The van der Waals surface area contributed by atoms with Crippen LogP contribution in [0.25, 0.3) is 11.8 Å². The number of nitrogens with one attached hydrogen (secondary N) is 2. The number of carbonyl (C=O) groups is 1. The predicted octanol–water partition coefficient (Wildman–Crippen LogP) is 2.90. The van der Waals surface area contributed by atoms with E-state index < -0.39 is 0 Å². The fourth-order valence-corrected chi connectivity index (χ4v) is 3.93. The first-order valence-corrected chi connectivity index (χ1v) is 10.7. The summed E-state index contributed by atoms with van der Waals surface area (Å²) < 4.78 is 1.80. The Bertz CT molecular complexity index is 990. The Morgan fingerprint density at radius 3 is 2.60 bits per heavy atom. The van der Waals surface area contributed by atoms with Crippen molar-refractivity contribution >= 4 is 23.6 Å². The van der Waals surface area contributed by atoms with E-state index in [2.05, 4.69) is 22.5 Å². The number of hydrogen-bond acceptors (Lipinski definition) is 2. The highest BCUT2D eigenvalue weighted by Gasteiger charge is 2.22. The lowest BCUT2D eigenvalue weighted by molar-refractivity contribution is -0.918. The average Bonchev–Trinajstić information content (AvgIpc) is 3.25. The third-order valence-corrected chi connectivity index (χ3v) is 5.71. The number of halogens is 1. The van der Waals surface area contributed by atoms with Crippen LogP contribution in [0.2, 0.25) is 5.02 Å². The maximum atomic E-state index is 12.3. The molecule has 1 fully saturated rings. The molecule has 1 aliphatic rings. The molecule has 2 N–H and O–H groups in total. The second-order valence-electron chi connectivity index (χ2n) is 7.72. The lowest BCUT2D eigenvalue weighted by Gasteiger charge is -2.29. The van der Waals surface area contributed by atoms with Gasteiger partial charge < -0.3 is 10.2 Å². The smallest absolute Gasteiger partial charge is 0.244 e. The summed E-state index contributed by atoms with van der Waals surface area (Å²) in [6.45, 7) is 3.12. The van der Waals surface area contributed by atoms with Gasteiger partial charge in [0.25, 0.3) is 0 Å². The Labute approximate surface area is 182 Å². The minimum Gasteiger partial charge on any atom is -0.349 e. The summed E-state index contributed by atoms with van der Waals surface area (Å²) in [7, 11) is 0. The van der Waals surface area contributed by atoms with Gasteiger partial charge in [-0.3, -0.25) is 4.79 Å². The molecule has 3 aromatic rings. The van der Waals surface area contributed by atoms with E-state index in [4.69, 9.17) is 11.6 Å². The van der Waals surface area contributed by atoms with Crippen molar-refractivity contribution in [1.29, 1.82) is 0 Å². The van der Waals surface area contributed by atoms with E-state index in [1.165, 1.54) is 5.56 Å². The maximum absolute atomic E-state index is 12.3. The molecule has 0 unspecified atom stereocenters. The zero-order valence-corrected chi connectivity index (χ0v) is 17.6. The maximum Gasteiger partial charge on any atom is 0.244 e. The van der Waals surface area contributed by atoms with Gasteiger partial charge in [-0.2, -0.15) is 5.10 Å². The molecule has 4 rings (SSSR count). The molecule has 1 aliphatic heterocycles. The Hall–Kier alpha value is -2.89. The molecule has 2 aromatic carbocycles. The Kier molecular flexibility index (Phi) is 6.62. The lowest BCUT2D eigenvalue weighted by Crippen LogP contribution is -3.12. The van der Waals surface area contributed by atoms with Gasteiger partial charge in [0.1, 0.15) is 6.54 Å². The van der Waals surface area contributed by atoms with Crippen LogP contribution < -0.4 is 10.2 Å². The quantitative estimate of drug-likeness (QED) is 0.601. The highest BCUT2D eigenvalue weighted by Crippen LogP contribution is 2.10. The van der Waals surface area contributed by atoms with Crippen molar-refractivity contribution in [2.75, 3.05) is 13.1 Å². The molecule has 5 nitrogen and oxygen atoms in total. The summed E-state index contributed by atoms with van der Waals surface area (Å²) in [4.78, 5) is 13.9. The van der Waals surface area contributed by atoms with Gasteiger partial charge in [-0.25, -0.2) is 4.68 Å². The molecule has 154 valence electrons. The monoisotopic (exact) mass is 421 g/mol. The first-order valence-electron chi connectivity index (χ1n) is 10.3. The molecular formula is C24H26ClN4O+. The number of benzene rings is 2. The third kappa shape index (κ3) is 5.59. The van der Waals surface area contributed by atoms with Gasteiger partial charge in [0.2, 0.25) is 5.91 Å². The number of piperidine rings is 1. The van der Waals surface area contributed by atoms with Gasteiger partial charge in [0, 0.05) is 47.3 Å². The van der Waals surface area contributed by atoms with Crippen LogP contribution >= 0.6 is 11.6 Å². The molecule has 1 amide bonds. The molecule has 1 saturated heterocycles. The van der Waals surface area contributed by atoms with E-state index in [1.807, 2.05) is 54.7 Å². The van der Waals surface area contributed by atoms with Gasteiger partial charge in [-0.1, -0.05) is 41.9 Å². The van der Waals surface area contributed by atoms with E-state index >= 15 is 0 Å². The molecule has 0 bridgehead atoms. The first-order chi connectivity index (χ1) is 14.7. The summed E-state index contributed by atoms with van der Waals surface area (Å²) in [6.07, 6.45) is 9.07. The van der Waals surface area contributed by atoms with Crippen molar-refractivity contribution < 1.29 is 9.69 Å². The molecular weight excluding hydrogens is 396 g/mol. The van der Waals surface area contributed by atoms with Gasteiger partial charge in [-0.05, 0) is 30.3 Å². The van der Waals surface area contributed by atoms with Crippen LogP contribution in [0, 0.1) is 0 Å². The number of aromatic nitrogens is 2. The normalized spacial score (nSPS) is 19.1. The number of rotatable bonds is 6. The summed E-state index contributed by atoms with van der Waals surface area (Å²) in [5.41, 5.74) is 3.20. The van der Waals surface area contributed by atoms with Crippen molar-refractivity contribution in [3.63, 3.8) is 0 Å². The Morgan fingerprint density at radius 2 is 1.87 bits per heavy atom. The third-order valence-electron chi connectivity index (χ3n) is 5.46. The molecule has 2 heterocycles. The highest BCUT2D eigenvalue weighted by atomic mass is 35.5. The van der Waals surface area contributed by atoms with Crippen LogP contribution in [-0.4, -0.2) is 34.8 Å². The van der Waals surface area contributed by atoms with Gasteiger partial charge in [0.05, 0.1) is 25.0 Å². The van der Waals surface area contributed by atoms with E-state index in [0.717, 1.165) is 48.7 Å². The topological polar surface area (TPSA) is 51.4 Å². The summed E-state index contributed by atoms with van der Waals surface area (Å²) in [5, 5.41) is 8.26. The predicted molar refractivity (Wildman–Crippen MR) is 120 cm³/mol. The number of hydrogen-bond donors (Lipinski definition) is 2. The van der Waals surface area contributed by atoms with Crippen molar-refractivity contribution in [2.45, 2.75) is 25.4 Å². The SMILES string of the molecule is O=C(/C=C/c1cnn(-c2ccccc2)c1)NC1CC[NH+](Cc2ccc(Cl)cc2)CC1. The minimum absolute atomic E-state index is 0.0476. The highest BCUT2D eigenvalue weighted by molar-refractivity contribution is 6.30. The Morgan fingerprint density at radius 1 is 1.13 bits per heavy atom. The minimum atomic E-state index is -0.0476. The van der Waals surface area contributed by atoms with Crippen molar-refractivity contribution in [1.82, 2.24) is 15.1 Å². The van der Waals surface area contributed by atoms with Crippen LogP contribution in [-0.2, 0) is 11.3 Å². The van der Waals surface area contributed by atoms with E-state index in [-0.39, 0.29) is 11.9 Å². The second-order valence-corrected chi connectivity index (χ2v) is 8.16. The standard InChI is InChI=1S/C24H25ClN4O/c25-21-9-6-19(7-10-21)17-28-14-12-22(13-15-28)27-24(30)11-8-20-16-26-29(18-20)23-4-2-1-3-5-23/h1-11,16,18,22H,12-15,17H2,(H,27,30)/p+1/b11-8+. The number of carbonyl (C=O) groups excluding carboxylic acids is 1. The van der Waals surface area contributed by atoms with Crippen molar-refractivity contribution in [3.8, 4) is 5.69 Å². The average molecular weight is 422 g/mol. The second kappa shape index (κ2) is 9.74. The molecule has 0 aliphatic carbocycles. The van der Waals surface area contributed by atoms with E-state index in [0.29, 0.717) is 0 Å². The fourth-order valence-electron chi connectivity index (χ4n) is 3.80. The summed E-state index contributed by atoms with van der Waals surface area (Å²) in [5.74, 6) is -0.0476. The molecule has 30 heavy (non-hydrogen) atoms. The first kappa shape index (κ1) is 20.4. The van der Waals surface area contributed by atoms with Crippen LogP contribution in [0.15, 0.2) is 73.1 Å². The van der Waals surface area contributed by atoms with Gasteiger partial charge in [-0.15, -0.1) is 0 Å². The van der Waals surface area contributed by atoms with Gasteiger partial charge >= 0.3 is 0 Å². The number of para-hydroxylation sites is 1. The number of nitrogens with zero attached hydrogens (tertiary/aromatic N) is 2. The molecule has 0 saturated carbocycles. The summed E-state index contributed by atoms with van der Waals surface area (Å²) in [6, 6.07) is 18.2. The van der Waals surface area contributed by atoms with Crippen LogP contribution in [0.1, 0.15) is 24.0 Å². The van der Waals surface area contributed by atoms with Crippen LogP contribution in [0.5, 0.6) is 0 Å². The number of amides is 1. The van der Waals surface area contributed by atoms with Crippen molar-refractivity contribution in [3.05, 3.63) is 89.2 Å². The fraction of sp³-hybridized carbons (Fsp3) is 0.250. The largest absolute Gasteiger partial charge is 0.349 e. The molecule has 0 radical (unpaired) electrons. The molecule has 6 heteroatoms. The van der Waals surface area contributed by atoms with Crippen LogP contribution in [0.3, 0.4) is 0 Å². The van der Waals surface area contributed by atoms with Gasteiger partial charge in [0.15, 0.2) is 0 Å². The molecule has 0 atom stereocenters. The zero-order chi connectivity index (χ0) is 20.8. The van der Waals surface area contributed by atoms with Crippen LogP contribution in [0.4, 0.5) is 0 Å².